The number of amides is 1. The summed E-state index contributed by atoms with van der Waals surface area (Å²) in [6.45, 7) is 2.68. The first-order chi connectivity index (χ1) is 9.15. The second-order valence-corrected chi connectivity index (χ2v) is 5.17. The third kappa shape index (κ3) is 6.08. The molecule has 1 atom stereocenters. The van der Waals surface area contributed by atoms with Crippen LogP contribution in [0.15, 0.2) is 24.3 Å². The van der Waals surface area contributed by atoms with Crippen molar-refractivity contribution < 1.29 is 4.79 Å². The van der Waals surface area contributed by atoms with Crippen LogP contribution in [0, 0.1) is 0 Å². The standard InChI is InChI=1S/C15H23ClN2O/c1-12(13-8-5-6-9-14(13)16)18-15(19)10-4-2-3-7-11-17/h5-6,8-9,12H,2-4,7,10-11,17H2,1H3,(H,18,19)/t12-/m1/s1. The number of benzene rings is 1. The molecule has 4 heteroatoms. The Hall–Kier alpha value is -1.06. The van der Waals surface area contributed by atoms with Crippen LogP contribution in [0.4, 0.5) is 0 Å². The van der Waals surface area contributed by atoms with E-state index in [1.54, 1.807) is 0 Å². The van der Waals surface area contributed by atoms with Crippen LogP contribution in [0.5, 0.6) is 0 Å². The highest BCUT2D eigenvalue weighted by molar-refractivity contribution is 6.31. The molecule has 19 heavy (non-hydrogen) atoms. The minimum absolute atomic E-state index is 0.0507. The van der Waals surface area contributed by atoms with Gasteiger partial charge in [0.15, 0.2) is 0 Å². The van der Waals surface area contributed by atoms with Crippen molar-refractivity contribution in [2.45, 2.75) is 45.1 Å². The number of nitrogens with two attached hydrogens (primary N) is 1. The summed E-state index contributed by atoms with van der Waals surface area (Å²) in [4.78, 5) is 11.8. The molecule has 0 aliphatic rings. The molecule has 0 saturated carbocycles. The van der Waals surface area contributed by atoms with Crippen LogP contribution in [-0.2, 0) is 4.79 Å². The van der Waals surface area contributed by atoms with E-state index in [0.29, 0.717) is 11.4 Å². The van der Waals surface area contributed by atoms with Crippen LogP contribution in [0.1, 0.15) is 50.6 Å². The lowest BCUT2D eigenvalue weighted by molar-refractivity contribution is -0.121. The van der Waals surface area contributed by atoms with E-state index in [1.807, 2.05) is 31.2 Å². The number of hydrogen-bond donors (Lipinski definition) is 2. The number of nitrogens with one attached hydrogen (secondary N) is 1. The van der Waals surface area contributed by atoms with Gasteiger partial charge in [0.1, 0.15) is 0 Å². The summed E-state index contributed by atoms with van der Waals surface area (Å²) in [5.74, 6) is 0.0835. The molecule has 1 aromatic rings. The summed E-state index contributed by atoms with van der Waals surface area (Å²) in [7, 11) is 0. The first-order valence-electron chi connectivity index (χ1n) is 6.89. The van der Waals surface area contributed by atoms with Gasteiger partial charge in [0.25, 0.3) is 0 Å². The first-order valence-corrected chi connectivity index (χ1v) is 7.26. The maximum absolute atomic E-state index is 11.8. The van der Waals surface area contributed by atoms with E-state index in [0.717, 1.165) is 37.8 Å². The van der Waals surface area contributed by atoms with E-state index in [1.165, 1.54) is 0 Å². The predicted octanol–water partition coefficient (Wildman–Crippen LogP) is 3.43. The Kier molecular flexibility index (Phi) is 7.53. The van der Waals surface area contributed by atoms with E-state index in [2.05, 4.69) is 5.32 Å². The van der Waals surface area contributed by atoms with Crippen LogP contribution < -0.4 is 11.1 Å². The second kappa shape index (κ2) is 8.94. The maximum Gasteiger partial charge on any atom is 0.220 e. The van der Waals surface area contributed by atoms with Crippen molar-refractivity contribution >= 4 is 17.5 Å². The van der Waals surface area contributed by atoms with Gasteiger partial charge in [-0.25, -0.2) is 0 Å². The molecule has 1 amide bonds. The summed E-state index contributed by atoms with van der Waals surface area (Å²) < 4.78 is 0. The van der Waals surface area contributed by atoms with E-state index in [4.69, 9.17) is 17.3 Å². The fourth-order valence-electron chi connectivity index (χ4n) is 2.00. The molecule has 3 nitrogen and oxygen atoms in total. The van der Waals surface area contributed by atoms with Crippen LogP contribution in [0.25, 0.3) is 0 Å². The normalized spacial score (nSPS) is 12.2. The summed E-state index contributed by atoms with van der Waals surface area (Å²) in [5, 5.41) is 3.67. The number of rotatable bonds is 8. The Morgan fingerprint density at radius 1 is 1.26 bits per heavy atom. The Morgan fingerprint density at radius 2 is 1.95 bits per heavy atom. The monoisotopic (exact) mass is 282 g/mol. The lowest BCUT2D eigenvalue weighted by atomic mass is 10.1. The highest BCUT2D eigenvalue weighted by Crippen LogP contribution is 2.22. The molecule has 3 N–H and O–H groups in total. The summed E-state index contributed by atoms with van der Waals surface area (Å²) in [6.07, 6.45) is 4.69. The fourth-order valence-corrected chi connectivity index (χ4v) is 2.30. The van der Waals surface area contributed by atoms with Gasteiger partial charge in [0, 0.05) is 11.4 Å². The van der Waals surface area contributed by atoms with Crippen LogP contribution in [-0.4, -0.2) is 12.5 Å². The van der Waals surface area contributed by atoms with Gasteiger partial charge in [-0.15, -0.1) is 0 Å². The summed E-state index contributed by atoms with van der Waals surface area (Å²) in [6, 6.07) is 7.54. The van der Waals surface area contributed by atoms with Gasteiger partial charge in [0.05, 0.1) is 6.04 Å². The van der Waals surface area contributed by atoms with E-state index < -0.39 is 0 Å². The molecule has 0 fully saturated rings. The van der Waals surface area contributed by atoms with Gasteiger partial charge < -0.3 is 11.1 Å². The highest BCUT2D eigenvalue weighted by atomic mass is 35.5. The Bertz CT molecular complexity index is 395. The molecular weight excluding hydrogens is 260 g/mol. The van der Waals surface area contributed by atoms with Crippen LogP contribution >= 0.6 is 11.6 Å². The van der Waals surface area contributed by atoms with Crippen molar-refractivity contribution in [3.8, 4) is 0 Å². The molecule has 0 radical (unpaired) electrons. The van der Waals surface area contributed by atoms with E-state index in [-0.39, 0.29) is 11.9 Å². The molecule has 0 unspecified atom stereocenters. The zero-order valence-corrected chi connectivity index (χ0v) is 12.2. The number of hydrogen-bond acceptors (Lipinski definition) is 2. The average Bonchev–Trinajstić information content (AvgIpc) is 2.39. The molecule has 1 rings (SSSR count). The zero-order chi connectivity index (χ0) is 14.1. The average molecular weight is 283 g/mol. The Labute approximate surface area is 120 Å². The Balaban J connectivity index is 2.30. The molecule has 0 aliphatic carbocycles. The van der Waals surface area contributed by atoms with Crippen LogP contribution in [0.2, 0.25) is 5.02 Å². The largest absolute Gasteiger partial charge is 0.350 e. The van der Waals surface area contributed by atoms with Crippen molar-refractivity contribution in [1.29, 1.82) is 0 Å². The number of carbonyl (C=O) groups excluding carboxylic acids is 1. The quantitative estimate of drug-likeness (QED) is 0.718. The molecule has 0 heterocycles. The second-order valence-electron chi connectivity index (χ2n) is 4.76. The lowest BCUT2D eigenvalue weighted by Crippen LogP contribution is -2.26. The van der Waals surface area contributed by atoms with Crippen molar-refractivity contribution in [3.05, 3.63) is 34.9 Å². The molecule has 0 saturated heterocycles. The molecular formula is C15H23ClN2O. The third-order valence-corrected chi connectivity index (χ3v) is 3.45. The lowest BCUT2D eigenvalue weighted by Gasteiger charge is -2.15. The molecule has 0 aliphatic heterocycles. The minimum Gasteiger partial charge on any atom is -0.350 e. The van der Waals surface area contributed by atoms with Gasteiger partial charge in [0.2, 0.25) is 5.91 Å². The molecule has 0 aromatic heterocycles. The Morgan fingerprint density at radius 3 is 2.63 bits per heavy atom. The molecule has 106 valence electrons. The summed E-state index contributed by atoms with van der Waals surface area (Å²) in [5.41, 5.74) is 6.38. The minimum atomic E-state index is -0.0507. The van der Waals surface area contributed by atoms with E-state index in [9.17, 15) is 4.79 Å². The van der Waals surface area contributed by atoms with Gasteiger partial charge in [-0.3, -0.25) is 4.79 Å². The predicted molar refractivity (Wildman–Crippen MR) is 80.1 cm³/mol. The molecule has 0 bridgehead atoms. The maximum atomic E-state index is 11.8. The third-order valence-electron chi connectivity index (χ3n) is 3.11. The first kappa shape index (κ1) is 16.0. The fraction of sp³-hybridized carbons (Fsp3) is 0.533. The number of carbonyl (C=O) groups is 1. The summed E-state index contributed by atoms with van der Waals surface area (Å²) >= 11 is 6.10. The van der Waals surface area contributed by atoms with Gasteiger partial charge >= 0.3 is 0 Å². The molecule has 0 spiro atoms. The highest BCUT2D eigenvalue weighted by Gasteiger charge is 2.11. The van der Waals surface area contributed by atoms with Crippen molar-refractivity contribution in [2.24, 2.45) is 5.73 Å². The van der Waals surface area contributed by atoms with Crippen molar-refractivity contribution in [2.75, 3.05) is 6.54 Å². The van der Waals surface area contributed by atoms with Crippen LogP contribution in [0.3, 0.4) is 0 Å². The topological polar surface area (TPSA) is 55.1 Å². The van der Waals surface area contributed by atoms with Crippen molar-refractivity contribution in [1.82, 2.24) is 5.32 Å². The zero-order valence-electron chi connectivity index (χ0n) is 11.5. The van der Waals surface area contributed by atoms with Crippen molar-refractivity contribution in [3.63, 3.8) is 0 Å². The number of halogens is 1. The smallest absolute Gasteiger partial charge is 0.220 e. The molecule has 1 aromatic carbocycles. The number of unbranched alkanes of at least 4 members (excludes halogenated alkanes) is 3. The van der Waals surface area contributed by atoms with E-state index >= 15 is 0 Å². The van der Waals surface area contributed by atoms with Gasteiger partial charge in [-0.05, 0) is 37.9 Å². The van der Waals surface area contributed by atoms with Gasteiger partial charge in [-0.2, -0.15) is 0 Å². The SMILES string of the molecule is C[C@@H](NC(=O)CCCCCCN)c1ccccc1Cl. The van der Waals surface area contributed by atoms with Gasteiger partial charge in [-0.1, -0.05) is 42.6 Å².